The van der Waals surface area contributed by atoms with Gasteiger partial charge in [-0.1, -0.05) is 18.2 Å². The Morgan fingerprint density at radius 2 is 1.68 bits per heavy atom. The van der Waals surface area contributed by atoms with Crippen LogP contribution >= 0.6 is 0 Å². The van der Waals surface area contributed by atoms with E-state index in [1.165, 1.54) is 0 Å². The van der Waals surface area contributed by atoms with Gasteiger partial charge in [0.15, 0.2) is 0 Å². The third-order valence-corrected chi connectivity index (χ3v) is 4.51. The number of benzene rings is 2. The van der Waals surface area contributed by atoms with Gasteiger partial charge in [0.05, 0.1) is 11.7 Å². The molecule has 0 aliphatic carbocycles. The van der Waals surface area contributed by atoms with Crippen LogP contribution in [-0.2, 0) is 4.79 Å². The van der Waals surface area contributed by atoms with Gasteiger partial charge in [-0.15, -0.1) is 0 Å². The predicted octanol–water partition coefficient (Wildman–Crippen LogP) is 1.74. The molecule has 1 aliphatic heterocycles. The van der Waals surface area contributed by atoms with E-state index in [9.17, 15) is 4.79 Å². The lowest BCUT2D eigenvalue weighted by molar-refractivity contribution is -0.114. The van der Waals surface area contributed by atoms with Crippen LogP contribution in [0.15, 0.2) is 65.2 Å². The SMILES string of the molecule is NC(=O)C(C(N)=NC1CCCNC1)=C(N)c1ccc(Oc2ccccc2)cc1. The van der Waals surface area contributed by atoms with E-state index in [4.69, 9.17) is 21.9 Å². The number of primary amides is 1. The number of amides is 1. The summed E-state index contributed by atoms with van der Waals surface area (Å²) < 4.78 is 5.77. The standard InChI is InChI=1S/C21H25N5O2/c22-19(18(21(24)27)20(23)26-15-5-4-12-25-13-15)14-8-10-17(11-9-14)28-16-6-2-1-3-7-16/h1-3,6-11,15,25H,4-5,12-13,22H2,(H2,23,26)(H2,24,27). The molecule has 28 heavy (non-hydrogen) atoms. The molecule has 7 nitrogen and oxygen atoms in total. The molecule has 1 fully saturated rings. The Hall–Kier alpha value is -3.32. The highest BCUT2D eigenvalue weighted by Crippen LogP contribution is 2.23. The van der Waals surface area contributed by atoms with Gasteiger partial charge in [-0.25, -0.2) is 0 Å². The summed E-state index contributed by atoms with van der Waals surface area (Å²) in [5.74, 6) is 0.753. The number of nitrogens with one attached hydrogen (secondary N) is 1. The summed E-state index contributed by atoms with van der Waals surface area (Å²) in [7, 11) is 0. The van der Waals surface area contributed by atoms with Crippen molar-refractivity contribution in [1.29, 1.82) is 0 Å². The number of ether oxygens (including phenoxy) is 1. The van der Waals surface area contributed by atoms with Crippen molar-refractivity contribution >= 4 is 17.4 Å². The summed E-state index contributed by atoms with van der Waals surface area (Å²) in [4.78, 5) is 16.4. The van der Waals surface area contributed by atoms with Crippen LogP contribution in [0.25, 0.3) is 5.70 Å². The number of hydrogen-bond donors (Lipinski definition) is 4. The highest BCUT2D eigenvalue weighted by Gasteiger charge is 2.19. The molecule has 0 aromatic heterocycles. The van der Waals surface area contributed by atoms with Gasteiger partial charge in [-0.3, -0.25) is 9.79 Å². The van der Waals surface area contributed by atoms with Gasteiger partial charge in [-0.05, 0) is 61.3 Å². The number of amidine groups is 1. The first-order valence-electron chi connectivity index (χ1n) is 9.22. The third kappa shape index (κ3) is 4.89. The first-order valence-corrected chi connectivity index (χ1v) is 9.22. The quantitative estimate of drug-likeness (QED) is 0.345. The van der Waals surface area contributed by atoms with Crippen molar-refractivity contribution in [2.45, 2.75) is 18.9 Å². The zero-order valence-electron chi connectivity index (χ0n) is 15.6. The fraction of sp³-hybridized carbons (Fsp3) is 0.238. The molecule has 1 amide bonds. The smallest absolute Gasteiger partial charge is 0.254 e. The van der Waals surface area contributed by atoms with Gasteiger partial charge >= 0.3 is 0 Å². The van der Waals surface area contributed by atoms with Gasteiger partial charge in [-0.2, -0.15) is 0 Å². The number of aliphatic imine (C=N–C) groups is 1. The predicted molar refractivity (Wildman–Crippen MR) is 111 cm³/mol. The molecule has 7 N–H and O–H groups in total. The van der Waals surface area contributed by atoms with Crippen LogP contribution in [0.1, 0.15) is 18.4 Å². The summed E-state index contributed by atoms with van der Waals surface area (Å²) in [5.41, 5.74) is 18.7. The molecule has 146 valence electrons. The molecule has 2 aromatic rings. The van der Waals surface area contributed by atoms with E-state index in [0.29, 0.717) is 11.3 Å². The lowest BCUT2D eigenvalue weighted by Crippen LogP contribution is -2.36. The van der Waals surface area contributed by atoms with E-state index in [2.05, 4.69) is 10.3 Å². The van der Waals surface area contributed by atoms with Crippen LogP contribution in [0.3, 0.4) is 0 Å². The lowest BCUT2D eigenvalue weighted by atomic mass is 10.0. The second-order valence-electron chi connectivity index (χ2n) is 6.61. The molecule has 0 radical (unpaired) electrons. The van der Waals surface area contributed by atoms with Crippen LogP contribution in [0.2, 0.25) is 0 Å². The molecule has 7 heteroatoms. The second kappa shape index (κ2) is 9.05. The van der Waals surface area contributed by atoms with Gasteiger partial charge in [0, 0.05) is 6.54 Å². The summed E-state index contributed by atoms with van der Waals surface area (Å²) in [6, 6.07) is 16.5. The van der Waals surface area contributed by atoms with Crippen molar-refractivity contribution in [3.05, 3.63) is 65.7 Å². The van der Waals surface area contributed by atoms with Crippen molar-refractivity contribution in [3.63, 3.8) is 0 Å². The number of para-hydroxylation sites is 1. The molecular formula is C21H25N5O2. The van der Waals surface area contributed by atoms with Gasteiger partial charge < -0.3 is 27.3 Å². The van der Waals surface area contributed by atoms with E-state index in [1.807, 2.05) is 30.3 Å². The number of nitrogens with zero attached hydrogens (tertiary/aromatic N) is 1. The van der Waals surface area contributed by atoms with E-state index < -0.39 is 5.91 Å². The minimum atomic E-state index is -0.702. The van der Waals surface area contributed by atoms with E-state index in [0.717, 1.165) is 31.7 Å². The Kier molecular flexibility index (Phi) is 6.29. The first kappa shape index (κ1) is 19.4. The van der Waals surface area contributed by atoms with Crippen molar-refractivity contribution in [2.75, 3.05) is 13.1 Å². The van der Waals surface area contributed by atoms with Crippen LogP contribution < -0.4 is 27.3 Å². The fourth-order valence-electron chi connectivity index (χ4n) is 3.07. The molecule has 1 saturated heterocycles. The summed E-state index contributed by atoms with van der Waals surface area (Å²) in [6.45, 7) is 1.68. The van der Waals surface area contributed by atoms with E-state index in [-0.39, 0.29) is 23.1 Å². The molecule has 0 saturated carbocycles. The van der Waals surface area contributed by atoms with Crippen molar-refractivity contribution in [3.8, 4) is 11.5 Å². The van der Waals surface area contributed by atoms with Gasteiger partial charge in [0.25, 0.3) is 5.91 Å². The number of rotatable bonds is 6. The molecule has 3 rings (SSSR count). The zero-order valence-corrected chi connectivity index (χ0v) is 15.6. The Morgan fingerprint density at radius 3 is 2.29 bits per heavy atom. The molecule has 1 atom stereocenters. The van der Waals surface area contributed by atoms with Gasteiger partial charge in [0.2, 0.25) is 0 Å². The Labute approximate surface area is 164 Å². The van der Waals surface area contributed by atoms with Crippen LogP contribution in [0.4, 0.5) is 0 Å². The zero-order chi connectivity index (χ0) is 19.9. The highest BCUT2D eigenvalue weighted by molar-refractivity contribution is 6.24. The largest absolute Gasteiger partial charge is 0.457 e. The topological polar surface area (TPSA) is 129 Å². The Balaban J connectivity index is 1.83. The summed E-state index contributed by atoms with van der Waals surface area (Å²) >= 11 is 0. The van der Waals surface area contributed by atoms with Crippen LogP contribution in [0, 0.1) is 0 Å². The molecular weight excluding hydrogens is 354 g/mol. The summed E-state index contributed by atoms with van der Waals surface area (Å²) in [6.07, 6.45) is 1.92. The maximum Gasteiger partial charge on any atom is 0.254 e. The summed E-state index contributed by atoms with van der Waals surface area (Å²) in [5, 5.41) is 3.26. The van der Waals surface area contributed by atoms with E-state index >= 15 is 0 Å². The third-order valence-electron chi connectivity index (χ3n) is 4.51. The molecule has 1 unspecified atom stereocenters. The fourth-order valence-corrected chi connectivity index (χ4v) is 3.07. The second-order valence-corrected chi connectivity index (χ2v) is 6.61. The minimum Gasteiger partial charge on any atom is -0.457 e. The number of piperidine rings is 1. The molecule has 1 heterocycles. The molecule has 2 aromatic carbocycles. The van der Waals surface area contributed by atoms with Crippen molar-refractivity contribution < 1.29 is 9.53 Å². The average molecular weight is 379 g/mol. The lowest BCUT2D eigenvalue weighted by Gasteiger charge is -2.20. The monoisotopic (exact) mass is 379 g/mol. The maximum atomic E-state index is 12.0. The number of carbonyl (C=O) groups is 1. The van der Waals surface area contributed by atoms with Crippen molar-refractivity contribution in [2.24, 2.45) is 22.2 Å². The Morgan fingerprint density at radius 1 is 1.00 bits per heavy atom. The van der Waals surface area contributed by atoms with E-state index in [1.54, 1.807) is 24.3 Å². The molecule has 0 bridgehead atoms. The number of nitrogens with two attached hydrogens (primary N) is 3. The van der Waals surface area contributed by atoms with Crippen molar-refractivity contribution in [1.82, 2.24) is 5.32 Å². The normalized spacial score (nSPS) is 18.3. The van der Waals surface area contributed by atoms with Crippen LogP contribution in [-0.4, -0.2) is 30.9 Å². The first-order chi connectivity index (χ1) is 13.5. The molecule has 0 spiro atoms. The average Bonchev–Trinajstić information content (AvgIpc) is 2.70. The highest BCUT2D eigenvalue weighted by atomic mass is 16.5. The molecule has 1 aliphatic rings. The maximum absolute atomic E-state index is 12.0. The Bertz CT molecular complexity index is 869. The number of hydrogen-bond acceptors (Lipinski definition) is 5. The van der Waals surface area contributed by atoms with Gasteiger partial charge in [0.1, 0.15) is 22.9 Å². The minimum absolute atomic E-state index is 0.0116. The van der Waals surface area contributed by atoms with Crippen LogP contribution in [0.5, 0.6) is 11.5 Å². The number of carbonyl (C=O) groups excluding carboxylic acids is 1.